The third kappa shape index (κ3) is 16.4. The van der Waals surface area contributed by atoms with Gasteiger partial charge in [-0.2, -0.15) is 0 Å². The summed E-state index contributed by atoms with van der Waals surface area (Å²) >= 11 is 0. The summed E-state index contributed by atoms with van der Waals surface area (Å²) < 4.78 is 0. The minimum Gasteiger partial charge on any atom is -0.862 e. The van der Waals surface area contributed by atoms with E-state index in [0.717, 1.165) is 12.8 Å². The molecule has 0 bridgehead atoms. The SMILES string of the molecule is CCC/C=C/CCC([O-])=NCN(CC(=O)O)CC(C)O.[K+]. The van der Waals surface area contributed by atoms with Gasteiger partial charge < -0.3 is 15.3 Å². The van der Waals surface area contributed by atoms with Gasteiger partial charge in [-0.25, -0.2) is 0 Å². The second-order valence-electron chi connectivity index (χ2n) is 4.75. The minimum atomic E-state index is -1.00. The molecular formula is C14H25KN2O4. The zero-order valence-corrected chi connectivity index (χ0v) is 16.4. The number of carboxylic acid groups (broad SMARTS) is 1. The molecule has 0 fully saturated rings. The number of unbranched alkanes of at least 4 members (excludes halogenated alkanes) is 1. The van der Waals surface area contributed by atoms with Crippen LogP contribution in [0.2, 0.25) is 0 Å². The van der Waals surface area contributed by atoms with E-state index in [1.165, 1.54) is 4.90 Å². The molecule has 0 saturated heterocycles. The quantitative estimate of drug-likeness (QED) is 0.191. The maximum atomic E-state index is 11.5. The van der Waals surface area contributed by atoms with Crippen LogP contribution in [0.25, 0.3) is 0 Å². The summed E-state index contributed by atoms with van der Waals surface area (Å²) in [4.78, 5) is 15.9. The molecule has 21 heavy (non-hydrogen) atoms. The Morgan fingerprint density at radius 3 is 2.52 bits per heavy atom. The predicted octanol–water partition coefficient (Wildman–Crippen LogP) is -2.39. The summed E-state index contributed by atoms with van der Waals surface area (Å²) in [7, 11) is 0. The Balaban J connectivity index is 0. The second-order valence-corrected chi connectivity index (χ2v) is 4.75. The standard InChI is InChI=1S/C14H26N2O4.K/c1-3-4-5-6-7-8-13(18)15-11-16(9-12(2)17)10-14(19)20;/h5-6,12,17H,3-4,7-11H2,1-2H3,(H,15,18)(H,19,20);/q;+1/p-1/b6-5+;. The summed E-state index contributed by atoms with van der Waals surface area (Å²) in [5, 5.41) is 29.5. The number of carbonyl (C=O) groups is 1. The van der Waals surface area contributed by atoms with Gasteiger partial charge in [0, 0.05) is 6.54 Å². The fourth-order valence-corrected chi connectivity index (χ4v) is 1.60. The van der Waals surface area contributed by atoms with E-state index in [1.54, 1.807) is 6.92 Å². The smallest absolute Gasteiger partial charge is 0.862 e. The molecular weight excluding hydrogens is 299 g/mol. The van der Waals surface area contributed by atoms with Crippen molar-refractivity contribution in [3.63, 3.8) is 0 Å². The van der Waals surface area contributed by atoms with Gasteiger partial charge in [-0.3, -0.25) is 14.7 Å². The van der Waals surface area contributed by atoms with Crippen LogP contribution in [0.3, 0.4) is 0 Å². The molecule has 0 aromatic rings. The molecule has 0 heterocycles. The van der Waals surface area contributed by atoms with Crippen molar-refractivity contribution < 1.29 is 71.5 Å². The maximum Gasteiger partial charge on any atom is 1.00 e. The van der Waals surface area contributed by atoms with Gasteiger partial charge in [-0.1, -0.05) is 25.5 Å². The fraction of sp³-hybridized carbons (Fsp3) is 0.714. The van der Waals surface area contributed by atoms with Crippen molar-refractivity contribution in [3.05, 3.63) is 12.2 Å². The van der Waals surface area contributed by atoms with Crippen LogP contribution in [0, 0.1) is 0 Å². The minimum absolute atomic E-state index is 0. The molecule has 7 heteroatoms. The molecule has 2 N–H and O–H groups in total. The fourth-order valence-electron chi connectivity index (χ4n) is 1.60. The zero-order chi connectivity index (χ0) is 15.4. The van der Waals surface area contributed by atoms with Crippen molar-refractivity contribution in [2.24, 2.45) is 4.99 Å². The predicted molar refractivity (Wildman–Crippen MR) is 76.5 cm³/mol. The van der Waals surface area contributed by atoms with E-state index in [4.69, 9.17) is 5.11 Å². The summed E-state index contributed by atoms with van der Waals surface area (Å²) in [6, 6.07) is 0. The van der Waals surface area contributed by atoms with Crippen molar-refractivity contribution >= 4 is 11.9 Å². The number of aliphatic hydroxyl groups is 1. The van der Waals surface area contributed by atoms with E-state index in [-0.39, 0.29) is 77.0 Å². The Labute approximate surface area is 169 Å². The van der Waals surface area contributed by atoms with Gasteiger partial charge in [0.2, 0.25) is 0 Å². The Morgan fingerprint density at radius 1 is 1.38 bits per heavy atom. The molecule has 1 unspecified atom stereocenters. The van der Waals surface area contributed by atoms with Crippen LogP contribution < -0.4 is 56.5 Å². The van der Waals surface area contributed by atoms with Gasteiger partial charge >= 0.3 is 57.4 Å². The van der Waals surface area contributed by atoms with Crippen molar-refractivity contribution in [3.8, 4) is 0 Å². The first kappa shape index (κ1) is 23.5. The third-order valence-electron chi connectivity index (χ3n) is 2.48. The number of allylic oxidation sites excluding steroid dienone is 2. The summed E-state index contributed by atoms with van der Waals surface area (Å²) in [6.45, 7) is 3.60. The summed E-state index contributed by atoms with van der Waals surface area (Å²) in [5.74, 6) is -1.25. The Kier molecular flexibility index (Phi) is 16.9. The number of carboxylic acids is 1. The first-order valence-electron chi connectivity index (χ1n) is 6.93. The van der Waals surface area contributed by atoms with E-state index < -0.39 is 12.1 Å². The monoisotopic (exact) mass is 324 g/mol. The van der Waals surface area contributed by atoms with Gasteiger partial charge in [-0.15, -0.1) is 0 Å². The second kappa shape index (κ2) is 15.1. The average Bonchev–Trinajstić information content (AvgIpc) is 2.34. The average molecular weight is 324 g/mol. The van der Waals surface area contributed by atoms with Crippen LogP contribution in [0.4, 0.5) is 0 Å². The number of aliphatic hydroxyl groups excluding tert-OH is 1. The van der Waals surface area contributed by atoms with E-state index in [2.05, 4.69) is 11.9 Å². The molecule has 0 aliphatic carbocycles. The van der Waals surface area contributed by atoms with Gasteiger partial charge in [-0.05, 0) is 32.1 Å². The Hall–Kier alpha value is 0.236. The van der Waals surface area contributed by atoms with Crippen LogP contribution in [0.15, 0.2) is 17.1 Å². The van der Waals surface area contributed by atoms with E-state index in [1.807, 2.05) is 12.2 Å². The van der Waals surface area contributed by atoms with Crippen LogP contribution >= 0.6 is 0 Å². The molecule has 0 aliphatic rings. The van der Waals surface area contributed by atoms with Crippen molar-refractivity contribution in [2.45, 2.75) is 45.6 Å². The van der Waals surface area contributed by atoms with E-state index in [9.17, 15) is 15.0 Å². The largest absolute Gasteiger partial charge is 1.00 e. The van der Waals surface area contributed by atoms with Crippen LogP contribution in [0.1, 0.15) is 39.5 Å². The van der Waals surface area contributed by atoms with E-state index in [0.29, 0.717) is 12.8 Å². The van der Waals surface area contributed by atoms with Gasteiger partial charge in [0.25, 0.3) is 0 Å². The summed E-state index contributed by atoms with van der Waals surface area (Å²) in [5.41, 5.74) is 0. The van der Waals surface area contributed by atoms with Gasteiger partial charge in [0.05, 0.1) is 19.3 Å². The first-order valence-corrected chi connectivity index (χ1v) is 6.93. The molecule has 0 spiro atoms. The number of aliphatic imine (C=N–C) groups is 1. The molecule has 0 amide bonds. The number of hydrogen-bond acceptors (Lipinski definition) is 5. The normalized spacial score (nSPS) is 13.4. The molecule has 0 radical (unpaired) electrons. The van der Waals surface area contributed by atoms with Crippen molar-refractivity contribution in [1.29, 1.82) is 0 Å². The molecule has 0 saturated carbocycles. The zero-order valence-electron chi connectivity index (χ0n) is 13.3. The van der Waals surface area contributed by atoms with Crippen LogP contribution in [-0.4, -0.2) is 52.8 Å². The molecule has 116 valence electrons. The topological polar surface area (TPSA) is 96.2 Å². The molecule has 1 atom stereocenters. The third-order valence-corrected chi connectivity index (χ3v) is 2.48. The number of aliphatic carboxylic acids is 1. The van der Waals surface area contributed by atoms with Crippen LogP contribution in [-0.2, 0) is 4.79 Å². The van der Waals surface area contributed by atoms with Crippen molar-refractivity contribution in [2.75, 3.05) is 19.8 Å². The van der Waals surface area contributed by atoms with Gasteiger partial charge in [0.15, 0.2) is 0 Å². The van der Waals surface area contributed by atoms with Gasteiger partial charge in [0.1, 0.15) is 0 Å². The summed E-state index contributed by atoms with van der Waals surface area (Å²) in [6.07, 6.45) is 6.41. The molecule has 6 nitrogen and oxygen atoms in total. The molecule has 0 rings (SSSR count). The first-order chi connectivity index (χ1) is 9.45. The molecule has 0 aromatic heterocycles. The Bertz CT molecular complexity index is 333. The Morgan fingerprint density at radius 2 is 2.00 bits per heavy atom. The number of hydrogen-bond donors (Lipinski definition) is 2. The molecule has 0 aliphatic heterocycles. The molecule has 0 aromatic carbocycles. The maximum absolute atomic E-state index is 11.5. The van der Waals surface area contributed by atoms with Crippen LogP contribution in [0.5, 0.6) is 0 Å². The van der Waals surface area contributed by atoms with Crippen molar-refractivity contribution in [1.82, 2.24) is 4.90 Å². The van der Waals surface area contributed by atoms with E-state index >= 15 is 0 Å². The number of rotatable bonds is 11. The number of nitrogens with zero attached hydrogens (tertiary/aromatic N) is 2.